The van der Waals surface area contributed by atoms with Crippen molar-refractivity contribution < 1.29 is 27.5 Å². The predicted octanol–water partition coefficient (Wildman–Crippen LogP) is 4.92. The van der Waals surface area contributed by atoms with Crippen molar-refractivity contribution in [1.29, 1.82) is 0 Å². The molecule has 1 amide bonds. The second-order valence-corrected chi connectivity index (χ2v) is 10.7. The first kappa shape index (κ1) is 27.7. The van der Waals surface area contributed by atoms with E-state index in [0.717, 1.165) is 32.4 Å². The lowest BCUT2D eigenvalue weighted by atomic mass is 10.1. The van der Waals surface area contributed by atoms with E-state index in [4.69, 9.17) is 4.74 Å². The molecule has 0 bridgehead atoms. The number of nitrogens with zero attached hydrogens (tertiary/aromatic N) is 1. The molecule has 1 heterocycles. The molecule has 0 unspecified atom stereocenters. The fraction of sp³-hybridized carbons (Fsp3) is 0.241. The van der Waals surface area contributed by atoms with Gasteiger partial charge in [-0.05, 0) is 85.5 Å². The molecule has 10 heteroatoms. The molecule has 0 aromatic heterocycles. The summed E-state index contributed by atoms with van der Waals surface area (Å²) >= 11 is 0. The van der Waals surface area contributed by atoms with Gasteiger partial charge in [-0.1, -0.05) is 12.1 Å². The average Bonchev–Trinajstić information content (AvgIpc) is 2.96. The number of amides is 1. The molecule has 1 saturated heterocycles. The van der Waals surface area contributed by atoms with Gasteiger partial charge in [0.25, 0.3) is 10.0 Å². The van der Waals surface area contributed by atoms with E-state index in [2.05, 4.69) is 19.7 Å². The normalized spacial score (nSPS) is 13.6. The van der Waals surface area contributed by atoms with Crippen LogP contribution in [0.2, 0.25) is 0 Å². The number of ether oxygens (including phenoxy) is 2. The molecule has 0 radical (unpaired) electrons. The number of sulfonamides is 1. The van der Waals surface area contributed by atoms with Crippen molar-refractivity contribution in [2.45, 2.75) is 24.2 Å². The zero-order chi connectivity index (χ0) is 27.8. The van der Waals surface area contributed by atoms with Gasteiger partial charge < -0.3 is 19.7 Å². The highest BCUT2D eigenvalue weighted by molar-refractivity contribution is 7.92. The Morgan fingerprint density at radius 2 is 1.54 bits per heavy atom. The van der Waals surface area contributed by atoms with Crippen LogP contribution in [-0.4, -0.2) is 47.6 Å². The molecule has 1 aliphatic rings. The van der Waals surface area contributed by atoms with Crippen LogP contribution in [0.5, 0.6) is 5.75 Å². The van der Waals surface area contributed by atoms with Crippen molar-refractivity contribution in [1.82, 2.24) is 0 Å². The standard InChI is InChI=1S/C29H31N3O6S/c1-37-25-14-11-23(12-15-25)31-39(35,36)27-20-24(13-16-26(27)32-18-4-3-5-19-32)30-28(33)17-8-21-6-9-22(10-7-21)29(34)38-2/h6-17,20,31H,3-5,18-19H2,1-2H3,(H,30,33)/b17-8+. The highest BCUT2D eigenvalue weighted by Crippen LogP contribution is 2.32. The molecule has 39 heavy (non-hydrogen) atoms. The minimum Gasteiger partial charge on any atom is -0.497 e. The molecule has 3 aromatic carbocycles. The predicted molar refractivity (Wildman–Crippen MR) is 152 cm³/mol. The van der Waals surface area contributed by atoms with Gasteiger partial charge >= 0.3 is 5.97 Å². The van der Waals surface area contributed by atoms with Crippen molar-refractivity contribution in [3.8, 4) is 5.75 Å². The molecule has 3 aromatic rings. The van der Waals surface area contributed by atoms with Gasteiger partial charge in [0.1, 0.15) is 10.6 Å². The van der Waals surface area contributed by atoms with E-state index in [9.17, 15) is 18.0 Å². The van der Waals surface area contributed by atoms with E-state index in [1.54, 1.807) is 73.8 Å². The van der Waals surface area contributed by atoms with Crippen LogP contribution in [0.25, 0.3) is 6.08 Å². The van der Waals surface area contributed by atoms with Gasteiger partial charge in [-0.15, -0.1) is 0 Å². The molecular formula is C29H31N3O6S. The van der Waals surface area contributed by atoms with E-state index in [1.165, 1.54) is 19.3 Å². The van der Waals surface area contributed by atoms with Gasteiger partial charge in [-0.2, -0.15) is 0 Å². The van der Waals surface area contributed by atoms with E-state index < -0.39 is 21.9 Å². The SMILES string of the molecule is COC(=O)c1ccc(/C=C/C(=O)Nc2ccc(N3CCCCC3)c(S(=O)(=O)Nc3ccc(OC)cc3)c2)cc1. The molecule has 9 nitrogen and oxygen atoms in total. The highest BCUT2D eigenvalue weighted by atomic mass is 32.2. The molecule has 1 aliphatic heterocycles. The van der Waals surface area contributed by atoms with Crippen LogP contribution >= 0.6 is 0 Å². The third kappa shape index (κ3) is 7.17. The summed E-state index contributed by atoms with van der Waals surface area (Å²) in [5, 5.41) is 2.75. The average molecular weight is 550 g/mol. The van der Waals surface area contributed by atoms with Gasteiger partial charge in [-0.25, -0.2) is 13.2 Å². The third-order valence-corrected chi connectivity index (χ3v) is 7.73. The smallest absolute Gasteiger partial charge is 0.337 e. The monoisotopic (exact) mass is 549 g/mol. The highest BCUT2D eigenvalue weighted by Gasteiger charge is 2.24. The van der Waals surface area contributed by atoms with E-state index >= 15 is 0 Å². The second kappa shape index (κ2) is 12.5. The minimum atomic E-state index is -3.98. The maximum Gasteiger partial charge on any atom is 0.337 e. The Labute approximate surface area is 228 Å². The number of nitrogens with one attached hydrogen (secondary N) is 2. The number of benzene rings is 3. The molecule has 4 rings (SSSR count). The van der Waals surface area contributed by atoms with Crippen LogP contribution in [-0.2, 0) is 19.6 Å². The lowest BCUT2D eigenvalue weighted by molar-refractivity contribution is -0.111. The maximum absolute atomic E-state index is 13.5. The van der Waals surface area contributed by atoms with Crippen LogP contribution in [0.4, 0.5) is 17.1 Å². The molecule has 0 spiro atoms. The van der Waals surface area contributed by atoms with Crippen molar-refractivity contribution in [3.05, 3.63) is 83.9 Å². The number of hydrogen-bond donors (Lipinski definition) is 2. The second-order valence-electron chi connectivity index (χ2n) is 9.00. The number of esters is 1. The van der Waals surface area contributed by atoms with Gasteiger partial charge in [-0.3, -0.25) is 9.52 Å². The number of piperidine rings is 1. The fourth-order valence-corrected chi connectivity index (χ4v) is 5.59. The summed E-state index contributed by atoms with van der Waals surface area (Å²) < 4.78 is 39.6. The number of rotatable bonds is 9. The number of hydrogen-bond acceptors (Lipinski definition) is 7. The number of carbonyl (C=O) groups is 2. The van der Waals surface area contributed by atoms with Crippen molar-refractivity contribution >= 4 is 45.0 Å². The Morgan fingerprint density at radius 3 is 2.18 bits per heavy atom. The zero-order valence-electron chi connectivity index (χ0n) is 21.8. The van der Waals surface area contributed by atoms with Crippen molar-refractivity contribution in [2.75, 3.05) is 42.2 Å². The Balaban J connectivity index is 1.56. The fourth-order valence-electron chi connectivity index (χ4n) is 4.28. The lowest BCUT2D eigenvalue weighted by Crippen LogP contribution is -2.31. The summed E-state index contributed by atoms with van der Waals surface area (Å²) in [6.45, 7) is 1.52. The lowest BCUT2D eigenvalue weighted by Gasteiger charge is -2.30. The summed E-state index contributed by atoms with van der Waals surface area (Å²) in [5.41, 5.74) is 2.46. The van der Waals surface area contributed by atoms with Gasteiger partial charge in [0.05, 0.1) is 25.5 Å². The summed E-state index contributed by atoms with van der Waals surface area (Å²) in [4.78, 5) is 26.4. The molecule has 204 valence electrons. The van der Waals surface area contributed by atoms with Crippen LogP contribution in [0.3, 0.4) is 0 Å². The van der Waals surface area contributed by atoms with Gasteiger partial charge in [0.15, 0.2) is 0 Å². The topological polar surface area (TPSA) is 114 Å². The largest absolute Gasteiger partial charge is 0.497 e. The zero-order valence-corrected chi connectivity index (χ0v) is 22.7. The van der Waals surface area contributed by atoms with E-state index in [0.29, 0.717) is 33.9 Å². The summed E-state index contributed by atoms with van der Waals surface area (Å²) in [5.74, 6) is -0.253. The molecule has 0 aliphatic carbocycles. The maximum atomic E-state index is 13.5. The first-order chi connectivity index (χ1) is 18.8. The number of methoxy groups -OCH3 is 2. The summed E-state index contributed by atoms with van der Waals surface area (Å²) in [6.07, 6.45) is 6.01. The van der Waals surface area contributed by atoms with Gasteiger partial charge in [0.2, 0.25) is 5.91 Å². The van der Waals surface area contributed by atoms with E-state index in [1.807, 2.05) is 0 Å². The van der Waals surface area contributed by atoms with Crippen LogP contribution in [0, 0.1) is 0 Å². The molecule has 0 saturated carbocycles. The van der Waals surface area contributed by atoms with Crippen molar-refractivity contribution in [3.63, 3.8) is 0 Å². The van der Waals surface area contributed by atoms with E-state index in [-0.39, 0.29) is 4.90 Å². The summed E-state index contributed by atoms with van der Waals surface area (Å²) in [6, 6.07) is 18.1. The first-order valence-corrected chi connectivity index (χ1v) is 14.0. The summed E-state index contributed by atoms with van der Waals surface area (Å²) in [7, 11) is -1.13. The third-order valence-electron chi connectivity index (χ3n) is 6.31. The molecule has 0 atom stereocenters. The minimum absolute atomic E-state index is 0.0837. The molecule has 1 fully saturated rings. The number of anilines is 3. The van der Waals surface area contributed by atoms with Gasteiger partial charge in [0, 0.05) is 30.5 Å². The Bertz CT molecular complexity index is 1450. The van der Waals surface area contributed by atoms with Crippen LogP contribution < -0.4 is 19.7 Å². The molecular weight excluding hydrogens is 518 g/mol. The molecule has 2 N–H and O–H groups in total. The quantitative estimate of drug-likeness (QED) is 0.288. The Morgan fingerprint density at radius 1 is 0.872 bits per heavy atom. The Kier molecular flexibility index (Phi) is 8.88. The van der Waals surface area contributed by atoms with Crippen molar-refractivity contribution in [2.24, 2.45) is 0 Å². The van der Waals surface area contributed by atoms with Crippen LogP contribution in [0.1, 0.15) is 35.2 Å². The Hall–Kier alpha value is -4.31. The first-order valence-electron chi connectivity index (χ1n) is 12.5. The number of carbonyl (C=O) groups excluding carboxylic acids is 2. The van der Waals surface area contributed by atoms with Crippen LogP contribution in [0.15, 0.2) is 77.7 Å².